The molecule has 0 fully saturated rings. The number of para-hydroxylation sites is 2. The van der Waals surface area contributed by atoms with Crippen molar-refractivity contribution < 1.29 is 26.3 Å². The molecule has 0 bridgehead atoms. The Kier molecular flexibility index (Phi) is 4.46. The summed E-state index contributed by atoms with van der Waals surface area (Å²) in [6.45, 7) is 0. The highest BCUT2D eigenvalue weighted by molar-refractivity contribution is 7.99. The number of fused-ring (bicyclic) bond motifs is 2. The van der Waals surface area contributed by atoms with Crippen molar-refractivity contribution in [3.05, 3.63) is 77.1 Å². The smallest absolute Gasteiger partial charge is 0.305 e. The molecule has 4 rings (SSSR count). The lowest BCUT2D eigenvalue weighted by Crippen LogP contribution is -2.24. The molecule has 1 aliphatic rings. The lowest BCUT2D eigenvalue weighted by molar-refractivity contribution is -0.139. The summed E-state index contributed by atoms with van der Waals surface area (Å²) < 4.78 is 85.2. The van der Waals surface area contributed by atoms with E-state index in [2.05, 4.69) is 0 Å². The van der Waals surface area contributed by atoms with Crippen molar-refractivity contribution in [1.29, 1.82) is 5.26 Å². The van der Waals surface area contributed by atoms with Crippen molar-refractivity contribution in [3.63, 3.8) is 0 Å². The van der Waals surface area contributed by atoms with Crippen LogP contribution in [0.5, 0.6) is 0 Å². The summed E-state index contributed by atoms with van der Waals surface area (Å²) >= 11 is 1.23. The van der Waals surface area contributed by atoms with Gasteiger partial charge in [-0.1, -0.05) is 36.0 Å². The molecule has 0 aromatic heterocycles. The summed E-state index contributed by atoms with van der Waals surface area (Å²) in [7, 11) is 0. The van der Waals surface area contributed by atoms with Gasteiger partial charge in [-0.2, -0.15) is 18.4 Å². The molecule has 0 amide bonds. The van der Waals surface area contributed by atoms with Crippen LogP contribution < -0.4 is 4.90 Å². The largest absolute Gasteiger partial charge is 0.421 e. The van der Waals surface area contributed by atoms with Crippen molar-refractivity contribution in [2.75, 3.05) is 4.90 Å². The summed E-state index contributed by atoms with van der Waals surface area (Å²) in [5.41, 5.74) is -4.73. The summed E-state index contributed by atoms with van der Waals surface area (Å²) in [6.07, 6.45) is -5.38. The van der Waals surface area contributed by atoms with Gasteiger partial charge in [-0.25, -0.2) is 13.2 Å². The van der Waals surface area contributed by atoms with E-state index < -0.39 is 40.4 Å². The number of halogens is 6. The van der Waals surface area contributed by atoms with Crippen molar-refractivity contribution in [2.45, 2.75) is 16.0 Å². The van der Waals surface area contributed by atoms with Gasteiger partial charge in [-0.3, -0.25) is 0 Å². The van der Waals surface area contributed by atoms with E-state index in [1.54, 1.807) is 24.3 Å². The molecule has 0 unspecified atom stereocenters. The number of nitriles is 1. The van der Waals surface area contributed by atoms with Gasteiger partial charge in [0.05, 0.1) is 11.4 Å². The van der Waals surface area contributed by atoms with Crippen LogP contribution in [-0.2, 0) is 6.18 Å². The third kappa shape index (κ3) is 2.91. The van der Waals surface area contributed by atoms with Crippen LogP contribution >= 0.6 is 11.8 Å². The summed E-state index contributed by atoms with van der Waals surface area (Å²) in [6, 6.07) is 13.3. The minimum atomic E-state index is -5.38. The van der Waals surface area contributed by atoms with E-state index in [-0.39, 0.29) is 11.4 Å². The minimum Gasteiger partial charge on any atom is -0.305 e. The topological polar surface area (TPSA) is 27.0 Å². The molecule has 0 spiro atoms. The third-order valence-corrected chi connectivity index (χ3v) is 5.48. The first-order chi connectivity index (χ1) is 13.8. The Labute approximate surface area is 165 Å². The molecule has 0 saturated carbocycles. The first-order valence-corrected chi connectivity index (χ1v) is 8.91. The second-order valence-electron chi connectivity index (χ2n) is 6.02. The zero-order chi connectivity index (χ0) is 20.9. The Bertz CT molecular complexity index is 1140. The van der Waals surface area contributed by atoms with Crippen molar-refractivity contribution in [2.24, 2.45) is 0 Å². The van der Waals surface area contributed by atoms with Crippen LogP contribution in [0.2, 0.25) is 0 Å². The molecule has 1 heterocycles. The van der Waals surface area contributed by atoms with Gasteiger partial charge in [0, 0.05) is 9.79 Å². The van der Waals surface area contributed by atoms with Gasteiger partial charge in [-0.15, -0.1) is 0 Å². The standard InChI is InChI=1S/C20H8F6N2S/c21-16-10(9-27)17(22)18(23)19(15(16)20(24,25)26)28-11-5-1-3-7-13(11)29-14-8-4-2-6-12(14)28/h1-8H. The van der Waals surface area contributed by atoms with Crippen LogP contribution in [0, 0.1) is 28.8 Å². The normalized spacial score (nSPS) is 12.9. The Morgan fingerprint density at radius 3 is 1.79 bits per heavy atom. The molecule has 1 aliphatic heterocycles. The summed E-state index contributed by atoms with van der Waals surface area (Å²) in [5.74, 6) is -6.07. The molecule has 29 heavy (non-hydrogen) atoms. The van der Waals surface area contributed by atoms with Gasteiger partial charge in [0.2, 0.25) is 0 Å². The zero-order valence-corrected chi connectivity index (χ0v) is 15.0. The van der Waals surface area contributed by atoms with Gasteiger partial charge in [0.15, 0.2) is 17.5 Å². The lowest BCUT2D eigenvalue weighted by Gasteiger charge is -2.34. The molecule has 0 saturated heterocycles. The summed E-state index contributed by atoms with van der Waals surface area (Å²) in [4.78, 5) is 1.79. The van der Waals surface area contributed by atoms with Gasteiger partial charge in [-0.05, 0) is 24.3 Å². The second kappa shape index (κ2) is 6.74. The summed E-state index contributed by atoms with van der Waals surface area (Å²) in [5, 5.41) is 8.85. The number of nitrogens with zero attached hydrogens (tertiary/aromatic N) is 2. The Morgan fingerprint density at radius 1 is 0.793 bits per heavy atom. The van der Waals surface area contributed by atoms with Gasteiger partial charge < -0.3 is 4.90 Å². The van der Waals surface area contributed by atoms with Gasteiger partial charge in [0.1, 0.15) is 22.9 Å². The van der Waals surface area contributed by atoms with E-state index in [1.807, 2.05) is 0 Å². The van der Waals surface area contributed by atoms with E-state index in [0.29, 0.717) is 9.79 Å². The highest BCUT2D eigenvalue weighted by Crippen LogP contribution is 2.54. The van der Waals surface area contributed by atoms with Crippen LogP contribution in [0.25, 0.3) is 0 Å². The predicted molar refractivity (Wildman–Crippen MR) is 94.8 cm³/mol. The molecule has 0 aliphatic carbocycles. The highest BCUT2D eigenvalue weighted by atomic mass is 32.2. The second-order valence-corrected chi connectivity index (χ2v) is 7.11. The fourth-order valence-electron chi connectivity index (χ4n) is 3.16. The van der Waals surface area contributed by atoms with Crippen molar-refractivity contribution in [3.8, 4) is 6.07 Å². The predicted octanol–water partition coefficient (Wildman–Crippen LogP) is 6.93. The van der Waals surface area contributed by atoms with E-state index in [0.717, 1.165) is 11.0 Å². The number of anilines is 3. The Hall–Kier alpha value is -3.12. The van der Waals surface area contributed by atoms with E-state index >= 15 is 0 Å². The molecule has 146 valence electrons. The molecule has 0 N–H and O–H groups in total. The van der Waals surface area contributed by atoms with Crippen LogP contribution in [0.15, 0.2) is 58.3 Å². The maximum absolute atomic E-state index is 15.0. The Morgan fingerprint density at radius 2 is 1.31 bits per heavy atom. The monoisotopic (exact) mass is 422 g/mol. The molecular formula is C20H8F6N2S. The SMILES string of the molecule is N#Cc1c(F)c(F)c(N2c3ccccc3Sc3ccccc32)c(C(F)(F)F)c1F. The quantitative estimate of drug-likeness (QED) is 0.246. The molecule has 9 heteroatoms. The molecular weight excluding hydrogens is 414 g/mol. The Balaban J connectivity index is 2.16. The molecule has 0 atom stereocenters. The van der Waals surface area contributed by atoms with Gasteiger partial charge >= 0.3 is 6.18 Å². The first-order valence-electron chi connectivity index (χ1n) is 8.09. The third-order valence-electron chi connectivity index (χ3n) is 4.35. The maximum atomic E-state index is 15.0. The number of rotatable bonds is 1. The van der Waals surface area contributed by atoms with Crippen LogP contribution in [0.4, 0.5) is 43.4 Å². The van der Waals surface area contributed by atoms with E-state index in [1.165, 1.54) is 36.0 Å². The van der Waals surface area contributed by atoms with Crippen LogP contribution in [-0.4, -0.2) is 0 Å². The van der Waals surface area contributed by atoms with Gasteiger partial charge in [0.25, 0.3) is 0 Å². The van der Waals surface area contributed by atoms with Crippen LogP contribution in [0.3, 0.4) is 0 Å². The number of benzene rings is 3. The average Bonchev–Trinajstić information content (AvgIpc) is 2.68. The number of hydrogen-bond acceptors (Lipinski definition) is 3. The van der Waals surface area contributed by atoms with Crippen molar-refractivity contribution in [1.82, 2.24) is 0 Å². The van der Waals surface area contributed by atoms with Crippen LogP contribution in [0.1, 0.15) is 11.1 Å². The molecule has 3 aromatic carbocycles. The molecule has 0 radical (unpaired) electrons. The number of alkyl halides is 3. The average molecular weight is 422 g/mol. The fourth-order valence-corrected chi connectivity index (χ4v) is 4.22. The zero-order valence-electron chi connectivity index (χ0n) is 14.2. The maximum Gasteiger partial charge on any atom is 0.421 e. The fraction of sp³-hybridized carbons (Fsp3) is 0.0500. The van der Waals surface area contributed by atoms with Crippen molar-refractivity contribution >= 4 is 28.8 Å². The highest BCUT2D eigenvalue weighted by Gasteiger charge is 2.45. The molecule has 3 aromatic rings. The lowest BCUT2D eigenvalue weighted by atomic mass is 10.0. The molecule has 2 nitrogen and oxygen atoms in total. The van der Waals surface area contributed by atoms with E-state index in [9.17, 15) is 26.3 Å². The minimum absolute atomic E-state index is 0.129. The van der Waals surface area contributed by atoms with E-state index in [4.69, 9.17) is 5.26 Å². The number of hydrogen-bond donors (Lipinski definition) is 0. The first kappa shape index (κ1) is 19.2.